The van der Waals surface area contributed by atoms with Crippen molar-refractivity contribution < 1.29 is 4.79 Å². The lowest BCUT2D eigenvalue weighted by Gasteiger charge is -2.31. The number of aromatic nitrogens is 1. The number of carbonyl (C=O) groups excluding carboxylic acids is 1. The lowest BCUT2D eigenvalue weighted by atomic mass is 9.80. The Labute approximate surface area is 107 Å². The molecule has 1 atom stereocenters. The predicted octanol–water partition coefficient (Wildman–Crippen LogP) is 2.96. The van der Waals surface area contributed by atoms with Crippen LogP contribution < -0.4 is 5.32 Å². The number of halogens is 1. The quantitative estimate of drug-likeness (QED) is 0.899. The van der Waals surface area contributed by atoms with Crippen molar-refractivity contribution in [2.75, 3.05) is 0 Å². The molecule has 0 aromatic carbocycles. The second-order valence-corrected chi connectivity index (χ2v) is 5.17. The molecule has 3 nitrogen and oxygen atoms in total. The van der Waals surface area contributed by atoms with Crippen LogP contribution in [0.3, 0.4) is 0 Å². The highest BCUT2D eigenvalue weighted by Crippen LogP contribution is 2.29. The fourth-order valence-corrected chi connectivity index (χ4v) is 2.33. The summed E-state index contributed by atoms with van der Waals surface area (Å²) in [6.07, 6.45) is 5.24. The Morgan fingerprint density at radius 1 is 1.59 bits per heavy atom. The Morgan fingerprint density at radius 2 is 2.29 bits per heavy atom. The maximum Gasteiger partial charge on any atom is 0.254 e. The molecule has 1 heterocycles. The van der Waals surface area contributed by atoms with Crippen molar-refractivity contribution in [3.8, 4) is 0 Å². The molecule has 0 bridgehead atoms. The summed E-state index contributed by atoms with van der Waals surface area (Å²) < 4.78 is 0. The largest absolute Gasteiger partial charge is 0.349 e. The number of hydrogen-bond acceptors (Lipinski definition) is 2. The second-order valence-electron chi connectivity index (χ2n) is 4.76. The fourth-order valence-electron chi connectivity index (χ4n) is 2.04. The van der Waals surface area contributed by atoms with E-state index in [9.17, 15) is 4.79 Å². The highest BCUT2D eigenvalue weighted by molar-refractivity contribution is 6.33. The molecule has 0 radical (unpaired) electrons. The SMILES string of the molecule is Cc1cc(Cl)c(C(=O)NC(C)C2CCC2)cn1. The van der Waals surface area contributed by atoms with Crippen molar-refractivity contribution >= 4 is 17.5 Å². The Morgan fingerprint density at radius 3 is 2.82 bits per heavy atom. The highest BCUT2D eigenvalue weighted by Gasteiger charge is 2.25. The first-order valence-corrected chi connectivity index (χ1v) is 6.38. The van der Waals surface area contributed by atoms with Gasteiger partial charge in [0.15, 0.2) is 0 Å². The summed E-state index contributed by atoms with van der Waals surface area (Å²) in [5.41, 5.74) is 1.28. The topological polar surface area (TPSA) is 42.0 Å². The van der Waals surface area contributed by atoms with Crippen LogP contribution in [0.1, 0.15) is 42.2 Å². The van der Waals surface area contributed by atoms with Gasteiger partial charge in [0, 0.05) is 17.9 Å². The van der Waals surface area contributed by atoms with Crippen LogP contribution in [0.4, 0.5) is 0 Å². The molecule has 0 spiro atoms. The molecule has 17 heavy (non-hydrogen) atoms. The number of amides is 1. The zero-order chi connectivity index (χ0) is 12.4. The number of carbonyl (C=O) groups is 1. The first-order chi connectivity index (χ1) is 8.08. The Hall–Kier alpha value is -1.09. The molecule has 1 amide bonds. The number of pyridine rings is 1. The average Bonchev–Trinajstić information content (AvgIpc) is 2.13. The van der Waals surface area contributed by atoms with Crippen LogP contribution in [0, 0.1) is 12.8 Å². The first-order valence-electron chi connectivity index (χ1n) is 6.01. The van der Waals surface area contributed by atoms with Crippen LogP contribution in [0.5, 0.6) is 0 Å². The number of nitrogens with one attached hydrogen (secondary N) is 1. The van der Waals surface area contributed by atoms with Crippen molar-refractivity contribution in [2.24, 2.45) is 5.92 Å². The van der Waals surface area contributed by atoms with Gasteiger partial charge in [0.25, 0.3) is 5.91 Å². The van der Waals surface area contributed by atoms with E-state index in [2.05, 4.69) is 17.2 Å². The van der Waals surface area contributed by atoms with E-state index in [0.717, 1.165) is 5.69 Å². The summed E-state index contributed by atoms with van der Waals surface area (Å²) in [6.45, 7) is 3.90. The van der Waals surface area contributed by atoms with Crippen LogP contribution in [0.2, 0.25) is 5.02 Å². The van der Waals surface area contributed by atoms with Crippen molar-refractivity contribution in [3.05, 3.63) is 28.5 Å². The molecule has 4 heteroatoms. The van der Waals surface area contributed by atoms with Crippen molar-refractivity contribution in [1.29, 1.82) is 0 Å². The molecule has 1 aromatic heterocycles. The molecule has 1 unspecified atom stereocenters. The van der Waals surface area contributed by atoms with Gasteiger partial charge in [-0.15, -0.1) is 0 Å². The molecule has 1 aliphatic carbocycles. The van der Waals surface area contributed by atoms with Gasteiger partial charge in [-0.1, -0.05) is 18.0 Å². The van der Waals surface area contributed by atoms with Gasteiger partial charge in [-0.2, -0.15) is 0 Å². The third kappa shape index (κ3) is 2.78. The normalized spacial score (nSPS) is 17.4. The van der Waals surface area contributed by atoms with Gasteiger partial charge in [-0.3, -0.25) is 9.78 Å². The average molecular weight is 253 g/mol. The summed E-state index contributed by atoms with van der Waals surface area (Å²) in [5, 5.41) is 3.46. The summed E-state index contributed by atoms with van der Waals surface area (Å²) in [4.78, 5) is 16.1. The van der Waals surface area contributed by atoms with E-state index in [-0.39, 0.29) is 11.9 Å². The van der Waals surface area contributed by atoms with Gasteiger partial charge < -0.3 is 5.32 Å². The minimum absolute atomic E-state index is 0.123. The van der Waals surface area contributed by atoms with E-state index in [0.29, 0.717) is 16.5 Å². The standard InChI is InChI=1S/C13H17ClN2O/c1-8-6-12(14)11(7-15-8)13(17)16-9(2)10-4-3-5-10/h6-7,9-10H,3-5H2,1-2H3,(H,16,17). The maximum absolute atomic E-state index is 12.0. The lowest BCUT2D eigenvalue weighted by Crippen LogP contribution is -2.40. The number of nitrogens with zero attached hydrogens (tertiary/aromatic N) is 1. The Balaban J connectivity index is 2.03. The second kappa shape index (κ2) is 5.05. The zero-order valence-corrected chi connectivity index (χ0v) is 10.9. The summed E-state index contributed by atoms with van der Waals surface area (Å²) in [6, 6.07) is 1.93. The number of aryl methyl sites for hydroxylation is 1. The summed E-state index contributed by atoms with van der Waals surface area (Å²) in [7, 11) is 0. The molecule has 0 aliphatic heterocycles. The smallest absolute Gasteiger partial charge is 0.254 e. The van der Waals surface area contributed by atoms with Gasteiger partial charge in [0.1, 0.15) is 0 Å². The maximum atomic E-state index is 12.0. The van der Waals surface area contributed by atoms with Gasteiger partial charge >= 0.3 is 0 Å². The van der Waals surface area contributed by atoms with Gasteiger partial charge in [-0.05, 0) is 38.7 Å². The summed E-state index contributed by atoms with van der Waals surface area (Å²) >= 11 is 6.03. The third-order valence-corrected chi connectivity index (χ3v) is 3.76. The van der Waals surface area contributed by atoms with Crippen molar-refractivity contribution in [2.45, 2.75) is 39.2 Å². The Bertz CT molecular complexity index is 429. The molecule has 1 saturated carbocycles. The molecule has 2 rings (SSSR count). The minimum atomic E-state index is -0.123. The van der Waals surface area contributed by atoms with Gasteiger partial charge in [0.05, 0.1) is 10.6 Å². The summed E-state index contributed by atoms with van der Waals surface area (Å²) in [5.74, 6) is 0.498. The van der Waals surface area contributed by atoms with E-state index in [4.69, 9.17) is 11.6 Å². The number of rotatable bonds is 3. The molecule has 1 aliphatic rings. The van der Waals surface area contributed by atoms with Crippen LogP contribution >= 0.6 is 11.6 Å². The van der Waals surface area contributed by atoms with E-state index in [1.165, 1.54) is 19.3 Å². The van der Waals surface area contributed by atoms with Crippen molar-refractivity contribution in [3.63, 3.8) is 0 Å². The molecule has 1 fully saturated rings. The Kier molecular flexibility index (Phi) is 3.67. The lowest BCUT2D eigenvalue weighted by molar-refractivity contribution is 0.0909. The fraction of sp³-hybridized carbons (Fsp3) is 0.538. The van der Waals surface area contributed by atoms with Crippen LogP contribution in [0.15, 0.2) is 12.3 Å². The molecular weight excluding hydrogens is 236 g/mol. The van der Waals surface area contributed by atoms with E-state index < -0.39 is 0 Å². The van der Waals surface area contributed by atoms with E-state index in [1.54, 1.807) is 12.3 Å². The van der Waals surface area contributed by atoms with E-state index >= 15 is 0 Å². The number of hydrogen-bond donors (Lipinski definition) is 1. The molecular formula is C13H17ClN2O. The van der Waals surface area contributed by atoms with Crippen molar-refractivity contribution in [1.82, 2.24) is 10.3 Å². The van der Waals surface area contributed by atoms with E-state index in [1.807, 2.05) is 6.92 Å². The monoisotopic (exact) mass is 252 g/mol. The molecule has 1 N–H and O–H groups in total. The van der Waals surface area contributed by atoms with Crippen LogP contribution in [0.25, 0.3) is 0 Å². The first kappa shape index (κ1) is 12.4. The highest BCUT2D eigenvalue weighted by atomic mass is 35.5. The third-order valence-electron chi connectivity index (χ3n) is 3.45. The molecule has 92 valence electrons. The van der Waals surface area contributed by atoms with Crippen LogP contribution in [-0.2, 0) is 0 Å². The zero-order valence-electron chi connectivity index (χ0n) is 10.2. The minimum Gasteiger partial charge on any atom is -0.349 e. The predicted molar refractivity (Wildman–Crippen MR) is 68.3 cm³/mol. The van der Waals surface area contributed by atoms with Gasteiger partial charge in [0.2, 0.25) is 0 Å². The molecule has 0 saturated heterocycles. The van der Waals surface area contributed by atoms with Crippen LogP contribution in [-0.4, -0.2) is 16.9 Å². The van der Waals surface area contributed by atoms with Gasteiger partial charge in [-0.25, -0.2) is 0 Å². The molecule has 1 aromatic rings.